The number of aryl methyl sites for hydroxylation is 15. The molecule has 12 aromatic rings. The van der Waals surface area contributed by atoms with Crippen molar-refractivity contribution in [2.24, 2.45) is 0 Å². The van der Waals surface area contributed by atoms with Crippen molar-refractivity contribution in [1.29, 1.82) is 0 Å². The zero-order valence-electron chi connectivity index (χ0n) is 83.9. The molecule has 7 N–H and O–H groups in total. The maximum Gasteiger partial charge on any atom is 0.413 e. The van der Waals surface area contributed by atoms with Crippen molar-refractivity contribution >= 4 is 70.7 Å². The van der Waals surface area contributed by atoms with Gasteiger partial charge in [0.25, 0.3) is 0 Å². The zero-order valence-corrected chi connectivity index (χ0v) is 83.9. The van der Waals surface area contributed by atoms with Crippen LogP contribution in [0, 0.1) is 96.9 Å². The Hall–Kier alpha value is -15.6. The second-order valence-electron chi connectivity index (χ2n) is 33.3. The molecule has 1 aliphatic rings. The Balaban J connectivity index is 0.000000211. The molecule has 0 heterocycles. The molecule has 6 amide bonds. The summed E-state index contributed by atoms with van der Waals surface area (Å²) in [6.45, 7) is 26.5. The summed E-state index contributed by atoms with van der Waals surface area (Å²) < 4.78 is 140. The Morgan fingerprint density at radius 3 is 0.771 bits per heavy atom. The molecule has 144 heavy (non-hydrogen) atoms. The van der Waals surface area contributed by atoms with Gasteiger partial charge in [-0.1, -0.05) is 180 Å². The number of rotatable bonds is 35. The van der Waals surface area contributed by atoms with E-state index >= 15 is 0 Å². The first kappa shape index (κ1) is 114. The Kier molecular flexibility index (Phi) is 46.7. The summed E-state index contributed by atoms with van der Waals surface area (Å²) in [5.74, 6) is 5.73. The van der Waals surface area contributed by atoms with Crippen molar-refractivity contribution in [2.75, 3.05) is 79.7 Å². The number of carbonyl (C=O) groups excluding carboxylic acids is 6. The molecule has 0 aromatic heterocycles. The lowest BCUT2D eigenvalue weighted by molar-refractivity contribution is 0.110. The third-order valence-corrected chi connectivity index (χ3v) is 22.3. The van der Waals surface area contributed by atoms with E-state index in [2.05, 4.69) is 78.5 Å². The molecule has 0 unspecified atom stereocenters. The summed E-state index contributed by atoms with van der Waals surface area (Å²) in [4.78, 5) is 69.0. The van der Waals surface area contributed by atoms with Crippen LogP contribution >= 0.6 is 0 Å². The average molecular weight is 1990 g/mol. The minimum Gasteiger partial charge on any atom is -0.493 e. The van der Waals surface area contributed by atoms with E-state index in [1.54, 1.807) is 72.8 Å². The van der Waals surface area contributed by atoms with E-state index in [0.717, 1.165) is 131 Å². The summed E-state index contributed by atoms with van der Waals surface area (Å²) in [6.07, 6.45) is -1.99. The fourth-order valence-corrected chi connectivity index (χ4v) is 15.0. The van der Waals surface area contributed by atoms with Crippen LogP contribution in [0.5, 0.6) is 40.2 Å². The minimum absolute atomic E-state index is 0.145. The highest BCUT2D eigenvalue weighted by Gasteiger charge is 2.29. The Morgan fingerprint density at radius 2 is 0.500 bits per heavy atom. The number of benzene rings is 12. The van der Waals surface area contributed by atoms with Gasteiger partial charge in [0.15, 0.2) is 0 Å². The molecule has 0 spiro atoms. The number of ether oxygens (including phenoxy) is 13. The number of halogens is 6. The van der Waals surface area contributed by atoms with Crippen LogP contribution < -0.4 is 65.1 Å². The fraction of sp³-hybridized carbons (Fsp3) is 0.304. The Labute approximate surface area is 836 Å². The van der Waals surface area contributed by atoms with Gasteiger partial charge in [-0.25, -0.2) is 55.1 Å². The highest BCUT2D eigenvalue weighted by molar-refractivity contribution is 5.90. The first-order valence-electron chi connectivity index (χ1n) is 46.3. The van der Waals surface area contributed by atoms with Gasteiger partial charge in [0.1, 0.15) is 79.9 Å². The van der Waals surface area contributed by atoms with E-state index in [1.807, 2.05) is 238 Å². The third kappa shape index (κ3) is 36.8. The lowest BCUT2D eigenvalue weighted by Gasteiger charge is -2.17. The molecule has 13 rings (SSSR count). The SMILES string of the molecule is CCOc1cccc(NC(=O)OCF)c1COc1ccc(C)cc1C.CCc1cccc(NC(=O)OCF)c1COc1ccc(C)cc1C.Cc1ccc(OCc2c(C)cccc2NC(=O)OCF)c(C)c1.Cc1ccc(OCc2c(C)cccc2NC(=O)OCF)c(C)c1.Cc1ccc(OCc2c(CO)cccc2NC(=O)OCF)c(C)c1.Cc1ccc(OCc2c(NC(=O)OCF)cccc2C2CC2)c(C)c1. The number of aliphatic hydroxyl groups is 1. The highest BCUT2D eigenvalue weighted by Crippen LogP contribution is 2.44. The van der Waals surface area contributed by atoms with Crippen LogP contribution in [-0.2, 0) is 81.1 Å². The topological polar surface area (TPSA) is 315 Å². The largest absolute Gasteiger partial charge is 0.493 e. The third-order valence-electron chi connectivity index (χ3n) is 22.3. The first-order valence-corrected chi connectivity index (χ1v) is 46.3. The molecule has 766 valence electrons. The molecule has 0 saturated heterocycles. The number of amides is 6. The van der Waals surface area contributed by atoms with Gasteiger partial charge in [-0.05, 0) is 269 Å². The van der Waals surface area contributed by atoms with Crippen LogP contribution in [0.4, 0.5) is 89.2 Å². The number of nitrogens with one attached hydrogen (secondary N) is 6. The van der Waals surface area contributed by atoms with Gasteiger partial charge in [-0.3, -0.25) is 31.9 Å². The summed E-state index contributed by atoms with van der Waals surface area (Å²) in [5.41, 5.74) is 25.8. The smallest absolute Gasteiger partial charge is 0.413 e. The monoisotopic (exact) mass is 1990 g/mol. The van der Waals surface area contributed by atoms with Gasteiger partial charge >= 0.3 is 36.6 Å². The summed E-state index contributed by atoms with van der Waals surface area (Å²) in [7, 11) is 0. The quantitative estimate of drug-likeness (QED) is 0.0143. The van der Waals surface area contributed by atoms with E-state index in [0.29, 0.717) is 101 Å². The van der Waals surface area contributed by atoms with E-state index in [-0.39, 0.29) is 19.8 Å². The van der Waals surface area contributed by atoms with Crippen molar-refractivity contribution in [3.05, 3.63) is 346 Å². The molecule has 1 saturated carbocycles. The van der Waals surface area contributed by atoms with Crippen LogP contribution in [0.1, 0.15) is 161 Å². The normalized spacial score (nSPS) is 10.8. The zero-order chi connectivity index (χ0) is 105. The maximum absolute atomic E-state index is 12.2. The first-order chi connectivity index (χ1) is 69.2. The summed E-state index contributed by atoms with van der Waals surface area (Å²) in [6, 6.07) is 68.1. The van der Waals surface area contributed by atoms with Gasteiger partial charge in [0.05, 0.1) is 52.9 Å². The van der Waals surface area contributed by atoms with Crippen molar-refractivity contribution in [3.63, 3.8) is 0 Å². The molecule has 1 fully saturated rings. The van der Waals surface area contributed by atoms with Gasteiger partial charge < -0.3 is 66.7 Å². The average Bonchev–Trinajstić information content (AvgIpc) is 1.64. The van der Waals surface area contributed by atoms with Crippen LogP contribution in [0.2, 0.25) is 0 Å². The molecule has 0 bridgehead atoms. The second-order valence-corrected chi connectivity index (χ2v) is 33.3. The molecule has 0 radical (unpaired) electrons. The number of hydrogen-bond acceptors (Lipinski definition) is 20. The van der Waals surface area contributed by atoms with Crippen molar-refractivity contribution < 1.29 is 122 Å². The number of hydrogen-bond donors (Lipinski definition) is 7. The maximum atomic E-state index is 12.2. The predicted molar refractivity (Wildman–Crippen MR) is 545 cm³/mol. The van der Waals surface area contributed by atoms with Crippen molar-refractivity contribution in [3.8, 4) is 40.2 Å². The van der Waals surface area contributed by atoms with E-state index in [1.165, 1.54) is 27.8 Å². The number of anilines is 6. The molecule has 12 aromatic carbocycles. The standard InChI is InChI=1S/C20H22FNO3.C19H22FNO4.C19H22FNO3.C18H20FNO4.2C18H20FNO3/c1-13-6-9-19(14(2)10-13)24-11-17-16(15-7-8-15)4-3-5-18(17)22-20(23)25-12-21;1-4-23-18-7-5-6-16(21-19(22)25-12-20)15(18)11-24-17-9-8-13(2)10-14(17)3;1-4-15-6-5-7-17(21-19(22)24-12-20)16(15)11-23-18-9-8-13(2)10-14(18)3;1-12-6-7-17(13(2)8-12)23-10-15-14(9-21)4-3-5-16(15)20-18(22)24-11-19;2*1-12-7-8-17(14(3)9-12)22-10-15-13(2)5-4-6-16(15)20-18(21)23-11-19/h3-6,9-10,15H,7-8,11-12H2,1-2H3,(H,22,23);5-10H,4,11-12H2,1-3H3,(H,21,22);5-10H,4,11-12H2,1-3H3,(H,21,22);3-8,21H,9-11H2,1-2H3,(H,20,22);2*4-9H,10-11H2,1-3H3,(H,20,21). The molecule has 0 aliphatic heterocycles. The van der Waals surface area contributed by atoms with Gasteiger partial charge in [-0.2, -0.15) is 0 Å². The molecule has 1 aliphatic carbocycles. The molecule has 26 nitrogen and oxygen atoms in total. The second kappa shape index (κ2) is 59.2. The van der Waals surface area contributed by atoms with Crippen LogP contribution in [0.25, 0.3) is 0 Å². The van der Waals surface area contributed by atoms with E-state index in [4.69, 9.17) is 33.2 Å². The Bertz CT molecular complexity index is 6020. The lowest BCUT2D eigenvalue weighted by atomic mass is 10.0. The number of alkyl halides is 6. The van der Waals surface area contributed by atoms with Crippen LogP contribution in [0.3, 0.4) is 0 Å². The van der Waals surface area contributed by atoms with Crippen molar-refractivity contribution in [1.82, 2.24) is 0 Å². The van der Waals surface area contributed by atoms with Gasteiger partial charge in [-0.15, -0.1) is 0 Å². The number of aliphatic hydroxyl groups excluding tert-OH is 1. The number of carbonyl (C=O) groups is 6. The Morgan fingerprint density at radius 1 is 0.264 bits per heavy atom. The van der Waals surface area contributed by atoms with E-state index < -0.39 is 77.7 Å². The summed E-state index contributed by atoms with van der Waals surface area (Å²) in [5, 5.41) is 24.7. The van der Waals surface area contributed by atoms with Gasteiger partial charge in [0.2, 0.25) is 41.2 Å². The molecule has 32 heteroatoms. The highest BCUT2D eigenvalue weighted by atomic mass is 19.2. The molecule has 0 atom stereocenters. The van der Waals surface area contributed by atoms with Crippen LogP contribution in [-0.4, -0.2) is 89.4 Å². The lowest BCUT2D eigenvalue weighted by Crippen LogP contribution is -2.16. The summed E-state index contributed by atoms with van der Waals surface area (Å²) >= 11 is 0. The van der Waals surface area contributed by atoms with Gasteiger partial charge in [0, 0.05) is 27.8 Å². The minimum atomic E-state index is -1.21. The molecular weight excluding hydrogens is 1860 g/mol. The van der Waals surface area contributed by atoms with E-state index in [9.17, 15) is 60.2 Å². The fourth-order valence-electron chi connectivity index (χ4n) is 15.0. The van der Waals surface area contributed by atoms with Crippen LogP contribution in [0.15, 0.2) is 218 Å². The predicted octanol–water partition coefficient (Wildman–Crippen LogP) is 28.1. The molecular formula is C112H126F6N6O20. The van der Waals surface area contributed by atoms with Crippen molar-refractivity contribution in [2.45, 2.75) is 182 Å².